The Bertz CT molecular complexity index is 575. The van der Waals surface area contributed by atoms with Crippen LogP contribution >= 0.6 is 15.9 Å². The number of hydrogen-bond donors (Lipinski definition) is 1. The standard InChI is InChI=1S/C16H22BrN3/c1-4-12-8-13(17)5-6-15(12)20-10-19-9-16(20)14(18)7-11(2)3/h5-6,8-11,14H,4,7,18H2,1-3H3. The Hall–Kier alpha value is -1.13. The van der Waals surface area contributed by atoms with Crippen LogP contribution in [-0.2, 0) is 6.42 Å². The zero-order valence-corrected chi connectivity index (χ0v) is 13.9. The largest absolute Gasteiger partial charge is 0.323 e. The number of rotatable bonds is 5. The number of hydrogen-bond acceptors (Lipinski definition) is 2. The predicted molar refractivity (Wildman–Crippen MR) is 87.0 cm³/mol. The van der Waals surface area contributed by atoms with Crippen LogP contribution in [0.2, 0.25) is 0 Å². The van der Waals surface area contributed by atoms with Crippen LogP contribution in [0.15, 0.2) is 35.2 Å². The number of halogens is 1. The van der Waals surface area contributed by atoms with Gasteiger partial charge in [-0.05, 0) is 42.5 Å². The second kappa shape index (κ2) is 6.55. The SMILES string of the molecule is CCc1cc(Br)ccc1-n1cncc1C(N)CC(C)C. The maximum atomic E-state index is 6.33. The van der Waals surface area contributed by atoms with Gasteiger partial charge in [-0.1, -0.05) is 36.7 Å². The molecule has 0 bridgehead atoms. The third-order valence-corrected chi connectivity index (χ3v) is 3.95. The zero-order chi connectivity index (χ0) is 14.7. The van der Waals surface area contributed by atoms with Gasteiger partial charge in [-0.2, -0.15) is 0 Å². The molecule has 1 aromatic carbocycles. The summed E-state index contributed by atoms with van der Waals surface area (Å²) in [6.07, 6.45) is 5.68. The van der Waals surface area contributed by atoms with E-state index in [1.54, 1.807) is 0 Å². The molecule has 108 valence electrons. The molecule has 2 N–H and O–H groups in total. The first-order valence-electron chi connectivity index (χ1n) is 7.09. The maximum absolute atomic E-state index is 6.33. The molecule has 1 aromatic heterocycles. The lowest BCUT2D eigenvalue weighted by Gasteiger charge is -2.18. The molecule has 0 aliphatic rings. The van der Waals surface area contributed by atoms with E-state index in [1.165, 1.54) is 11.3 Å². The maximum Gasteiger partial charge on any atom is 0.0994 e. The summed E-state index contributed by atoms with van der Waals surface area (Å²) in [7, 11) is 0. The van der Waals surface area contributed by atoms with Gasteiger partial charge in [-0.3, -0.25) is 0 Å². The molecule has 0 saturated carbocycles. The van der Waals surface area contributed by atoms with Crippen molar-refractivity contribution in [3.05, 3.63) is 46.5 Å². The van der Waals surface area contributed by atoms with Crippen LogP contribution in [0.3, 0.4) is 0 Å². The first kappa shape index (κ1) is 15.3. The molecular weight excluding hydrogens is 314 g/mol. The van der Waals surface area contributed by atoms with Crippen LogP contribution in [-0.4, -0.2) is 9.55 Å². The molecule has 1 unspecified atom stereocenters. The second-order valence-corrected chi connectivity index (χ2v) is 6.47. The summed E-state index contributed by atoms with van der Waals surface area (Å²) >= 11 is 3.53. The van der Waals surface area contributed by atoms with Crippen molar-refractivity contribution in [2.24, 2.45) is 11.7 Å². The van der Waals surface area contributed by atoms with E-state index in [1.807, 2.05) is 12.5 Å². The lowest BCUT2D eigenvalue weighted by molar-refractivity contribution is 0.497. The molecule has 0 fully saturated rings. The van der Waals surface area contributed by atoms with E-state index < -0.39 is 0 Å². The Morgan fingerprint density at radius 2 is 2.10 bits per heavy atom. The number of aryl methyl sites for hydroxylation is 1. The molecule has 0 aliphatic heterocycles. The van der Waals surface area contributed by atoms with Gasteiger partial charge in [0.2, 0.25) is 0 Å². The molecule has 0 saturated heterocycles. The van der Waals surface area contributed by atoms with Crippen LogP contribution in [0.25, 0.3) is 5.69 Å². The number of nitrogens with two attached hydrogens (primary N) is 1. The van der Waals surface area contributed by atoms with Gasteiger partial charge >= 0.3 is 0 Å². The summed E-state index contributed by atoms with van der Waals surface area (Å²) < 4.78 is 3.23. The minimum Gasteiger partial charge on any atom is -0.323 e. The summed E-state index contributed by atoms with van der Waals surface area (Å²) in [5.41, 5.74) is 9.87. The average molecular weight is 336 g/mol. The highest BCUT2D eigenvalue weighted by Crippen LogP contribution is 2.25. The van der Waals surface area contributed by atoms with Crippen molar-refractivity contribution in [3.8, 4) is 5.69 Å². The monoisotopic (exact) mass is 335 g/mol. The van der Waals surface area contributed by atoms with Gasteiger partial charge in [0.15, 0.2) is 0 Å². The zero-order valence-electron chi connectivity index (χ0n) is 12.3. The van der Waals surface area contributed by atoms with Crippen LogP contribution in [0.1, 0.15) is 44.5 Å². The summed E-state index contributed by atoms with van der Waals surface area (Å²) in [6.45, 7) is 6.55. The molecule has 0 spiro atoms. The molecule has 1 heterocycles. The molecule has 0 amide bonds. The Morgan fingerprint density at radius 1 is 1.35 bits per heavy atom. The third kappa shape index (κ3) is 3.30. The van der Waals surface area contributed by atoms with Crippen LogP contribution in [0.5, 0.6) is 0 Å². The van der Waals surface area contributed by atoms with E-state index in [4.69, 9.17) is 5.73 Å². The Balaban J connectivity index is 2.42. The molecule has 4 heteroatoms. The van der Waals surface area contributed by atoms with Gasteiger partial charge in [0.05, 0.1) is 23.9 Å². The fourth-order valence-corrected chi connectivity index (χ4v) is 2.89. The fourth-order valence-electron chi connectivity index (χ4n) is 2.48. The molecular formula is C16H22BrN3. The highest BCUT2D eigenvalue weighted by Gasteiger charge is 2.15. The number of imidazole rings is 1. The second-order valence-electron chi connectivity index (χ2n) is 5.55. The Labute approximate surface area is 129 Å². The molecule has 3 nitrogen and oxygen atoms in total. The molecule has 20 heavy (non-hydrogen) atoms. The number of benzene rings is 1. The van der Waals surface area contributed by atoms with Crippen molar-refractivity contribution < 1.29 is 0 Å². The van der Waals surface area contributed by atoms with Gasteiger partial charge in [0.1, 0.15) is 0 Å². The van der Waals surface area contributed by atoms with Crippen molar-refractivity contribution in [2.45, 2.75) is 39.7 Å². The molecule has 2 aromatic rings. The van der Waals surface area contributed by atoms with Crippen molar-refractivity contribution in [3.63, 3.8) is 0 Å². The molecule has 2 rings (SSSR count). The summed E-state index contributed by atoms with van der Waals surface area (Å²) in [5, 5.41) is 0. The average Bonchev–Trinajstić information content (AvgIpc) is 2.86. The van der Waals surface area contributed by atoms with E-state index in [9.17, 15) is 0 Å². The Kier molecular flexibility index (Phi) is 5.00. The van der Waals surface area contributed by atoms with E-state index in [0.717, 1.165) is 23.0 Å². The molecule has 1 atom stereocenters. The van der Waals surface area contributed by atoms with Crippen LogP contribution < -0.4 is 5.73 Å². The number of nitrogens with zero attached hydrogens (tertiary/aromatic N) is 2. The highest BCUT2D eigenvalue weighted by molar-refractivity contribution is 9.10. The number of aromatic nitrogens is 2. The normalized spacial score (nSPS) is 12.9. The van der Waals surface area contributed by atoms with E-state index >= 15 is 0 Å². The predicted octanol–water partition coefficient (Wildman–Crippen LogP) is 4.24. The lowest BCUT2D eigenvalue weighted by Crippen LogP contribution is -2.17. The van der Waals surface area contributed by atoms with Crippen molar-refractivity contribution in [2.75, 3.05) is 0 Å². The van der Waals surface area contributed by atoms with E-state index in [-0.39, 0.29) is 6.04 Å². The first-order chi connectivity index (χ1) is 9.52. The minimum atomic E-state index is 0.0193. The Morgan fingerprint density at radius 3 is 2.75 bits per heavy atom. The van der Waals surface area contributed by atoms with E-state index in [2.05, 4.69) is 64.5 Å². The van der Waals surface area contributed by atoms with Crippen molar-refractivity contribution in [1.82, 2.24) is 9.55 Å². The smallest absolute Gasteiger partial charge is 0.0994 e. The van der Waals surface area contributed by atoms with Gasteiger partial charge < -0.3 is 10.3 Å². The van der Waals surface area contributed by atoms with E-state index in [0.29, 0.717) is 5.92 Å². The lowest BCUT2D eigenvalue weighted by atomic mass is 10.0. The summed E-state index contributed by atoms with van der Waals surface area (Å²) in [5.74, 6) is 0.573. The van der Waals surface area contributed by atoms with Gasteiger partial charge in [0, 0.05) is 10.5 Å². The van der Waals surface area contributed by atoms with Crippen LogP contribution in [0.4, 0.5) is 0 Å². The summed E-state index contributed by atoms with van der Waals surface area (Å²) in [4.78, 5) is 4.30. The van der Waals surface area contributed by atoms with Gasteiger partial charge in [-0.25, -0.2) is 4.98 Å². The summed E-state index contributed by atoms with van der Waals surface area (Å²) in [6, 6.07) is 6.36. The first-order valence-corrected chi connectivity index (χ1v) is 7.88. The topological polar surface area (TPSA) is 43.8 Å². The fraction of sp³-hybridized carbons (Fsp3) is 0.438. The van der Waals surface area contributed by atoms with Crippen molar-refractivity contribution >= 4 is 15.9 Å². The van der Waals surface area contributed by atoms with Crippen molar-refractivity contribution in [1.29, 1.82) is 0 Å². The molecule has 0 aliphatic carbocycles. The van der Waals surface area contributed by atoms with Gasteiger partial charge in [0.25, 0.3) is 0 Å². The van der Waals surface area contributed by atoms with Crippen LogP contribution in [0, 0.1) is 5.92 Å². The minimum absolute atomic E-state index is 0.0193. The van der Waals surface area contributed by atoms with Gasteiger partial charge in [-0.15, -0.1) is 0 Å². The highest BCUT2D eigenvalue weighted by atomic mass is 79.9. The third-order valence-electron chi connectivity index (χ3n) is 3.45. The molecule has 0 radical (unpaired) electrons. The quantitative estimate of drug-likeness (QED) is 0.887.